The molecule has 0 atom stereocenters. The molecule has 2 saturated carbocycles. The van der Waals surface area contributed by atoms with Gasteiger partial charge in [0, 0.05) is 6.04 Å². The zero-order valence-electron chi connectivity index (χ0n) is 12.7. The van der Waals surface area contributed by atoms with Crippen LogP contribution in [-0.4, -0.2) is 47.2 Å². The highest BCUT2D eigenvalue weighted by Gasteiger charge is 3.02. The minimum absolute atomic E-state index is 0.0398. The molecule has 2 aliphatic carbocycles. The molecule has 0 aromatic rings. The van der Waals surface area contributed by atoms with E-state index in [9.17, 15) is 53.1 Å². The van der Waals surface area contributed by atoms with Crippen LogP contribution in [0.5, 0.6) is 0 Å². The summed E-state index contributed by atoms with van der Waals surface area (Å²) in [6, 6.07) is -1.22. The van der Waals surface area contributed by atoms with Crippen LogP contribution in [-0.2, 0) is 4.79 Å². The molecule has 0 bridgehead atoms. The molecule has 0 saturated heterocycles. The number of halogens is 11. The number of carbonyl (C=O) groups is 1. The molecule has 152 valence electrons. The molecule has 2 rings (SSSR count). The van der Waals surface area contributed by atoms with E-state index in [0.29, 0.717) is 19.3 Å². The lowest BCUT2D eigenvalue weighted by Crippen LogP contribution is -2.86. The van der Waals surface area contributed by atoms with Crippen LogP contribution in [0.25, 0.3) is 0 Å². The van der Waals surface area contributed by atoms with Gasteiger partial charge in [-0.3, -0.25) is 4.79 Å². The average Bonchev–Trinajstić information content (AvgIpc) is 2.52. The minimum Gasteiger partial charge on any atom is -0.350 e. The minimum atomic E-state index is -7.31. The zero-order chi connectivity index (χ0) is 20.4. The Hall–Kier alpha value is -1.30. The molecule has 1 N–H and O–H groups in total. The van der Waals surface area contributed by atoms with Crippen LogP contribution < -0.4 is 5.32 Å². The topological polar surface area (TPSA) is 29.1 Å². The molecule has 0 aliphatic heterocycles. The molecule has 0 aromatic heterocycles. The zero-order valence-corrected chi connectivity index (χ0v) is 12.7. The third kappa shape index (κ3) is 2.14. The van der Waals surface area contributed by atoms with Crippen molar-refractivity contribution in [3.8, 4) is 0 Å². The lowest BCUT2D eigenvalue weighted by molar-refractivity contribution is -0.476. The maximum Gasteiger partial charge on any atom is 0.384 e. The molecule has 13 heteroatoms. The van der Waals surface area contributed by atoms with Gasteiger partial charge in [0.1, 0.15) is 0 Å². The Bertz CT molecular complexity index is 553. The van der Waals surface area contributed by atoms with Crippen LogP contribution in [0.3, 0.4) is 0 Å². The van der Waals surface area contributed by atoms with Crippen molar-refractivity contribution in [3.63, 3.8) is 0 Å². The smallest absolute Gasteiger partial charge is 0.350 e. The van der Waals surface area contributed by atoms with E-state index < -0.39 is 47.2 Å². The van der Waals surface area contributed by atoms with Crippen LogP contribution in [0.1, 0.15) is 32.1 Å². The van der Waals surface area contributed by atoms with Gasteiger partial charge in [-0.25, -0.2) is 4.39 Å². The number of rotatable bonds is 2. The van der Waals surface area contributed by atoms with Gasteiger partial charge < -0.3 is 5.32 Å². The first-order chi connectivity index (χ1) is 11.5. The van der Waals surface area contributed by atoms with E-state index in [2.05, 4.69) is 0 Å². The Morgan fingerprint density at radius 2 is 0.962 bits per heavy atom. The summed E-state index contributed by atoms with van der Waals surface area (Å²) in [6.07, 6.45) is 1.18. The first kappa shape index (κ1) is 21.0. The number of hydrogen-bond donors (Lipinski definition) is 1. The molecule has 26 heavy (non-hydrogen) atoms. The van der Waals surface area contributed by atoms with Gasteiger partial charge in [-0.1, -0.05) is 19.3 Å². The molecule has 0 radical (unpaired) electrons. The monoisotopic (exact) mass is 407 g/mol. The van der Waals surface area contributed by atoms with Crippen molar-refractivity contribution in [1.82, 2.24) is 5.32 Å². The van der Waals surface area contributed by atoms with E-state index >= 15 is 0 Å². The fourth-order valence-electron chi connectivity index (χ4n) is 3.04. The van der Waals surface area contributed by atoms with Crippen LogP contribution in [0.15, 0.2) is 0 Å². The predicted molar refractivity (Wildman–Crippen MR) is 63.6 cm³/mol. The Labute approximate surface area is 139 Å². The summed E-state index contributed by atoms with van der Waals surface area (Å²) in [4.78, 5) is 11.6. The van der Waals surface area contributed by atoms with Crippen molar-refractivity contribution in [3.05, 3.63) is 0 Å². The van der Waals surface area contributed by atoms with Crippen LogP contribution in [0.4, 0.5) is 48.3 Å². The normalized spacial score (nSPS) is 31.2. The van der Waals surface area contributed by atoms with E-state index in [1.54, 1.807) is 0 Å². The third-order valence-electron chi connectivity index (χ3n) is 4.70. The second-order valence-corrected chi connectivity index (χ2v) is 6.34. The molecule has 2 nitrogen and oxygen atoms in total. The Balaban J connectivity index is 2.57. The molecule has 1 amide bonds. The highest BCUT2D eigenvalue weighted by molar-refractivity contribution is 5.89. The molecule has 2 aliphatic rings. The van der Waals surface area contributed by atoms with Gasteiger partial charge in [0.15, 0.2) is 0 Å². The lowest BCUT2D eigenvalue weighted by atomic mass is 9.71. The summed E-state index contributed by atoms with van der Waals surface area (Å²) < 4.78 is 148. The van der Waals surface area contributed by atoms with Gasteiger partial charge in [0.2, 0.25) is 0 Å². The van der Waals surface area contributed by atoms with Gasteiger partial charge in [0.05, 0.1) is 0 Å². The van der Waals surface area contributed by atoms with E-state index in [0.717, 1.165) is 0 Å². The average molecular weight is 407 g/mol. The van der Waals surface area contributed by atoms with E-state index in [1.807, 2.05) is 0 Å². The summed E-state index contributed by atoms with van der Waals surface area (Å²) in [5, 5.41) is 1.26. The number of alkyl halides is 11. The third-order valence-corrected chi connectivity index (χ3v) is 4.70. The van der Waals surface area contributed by atoms with Crippen molar-refractivity contribution in [2.24, 2.45) is 0 Å². The largest absolute Gasteiger partial charge is 0.384 e. The molecule has 0 aromatic carbocycles. The fraction of sp³-hybridized carbons (Fsp3) is 0.923. The number of amides is 1. The molecule has 2 fully saturated rings. The second-order valence-electron chi connectivity index (χ2n) is 6.34. The number of hydrogen-bond acceptors (Lipinski definition) is 1. The van der Waals surface area contributed by atoms with E-state index in [4.69, 9.17) is 0 Å². The van der Waals surface area contributed by atoms with Gasteiger partial charge in [-0.15, -0.1) is 0 Å². The fourth-order valence-corrected chi connectivity index (χ4v) is 3.04. The summed E-state index contributed by atoms with van der Waals surface area (Å²) in [7, 11) is 0. The Morgan fingerprint density at radius 1 is 0.615 bits per heavy atom. The SMILES string of the molecule is O=C(NC1CCCCC1)C1(F)C(F)(F)C(F)(F)C(F)(F)C(F)(F)C1(F)F. The van der Waals surface area contributed by atoms with E-state index in [1.165, 1.54) is 5.32 Å². The van der Waals surface area contributed by atoms with Crippen molar-refractivity contribution in [2.75, 3.05) is 0 Å². The van der Waals surface area contributed by atoms with Crippen LogP contribution >= 0.6 is 0 Å². The van der Waals surface area contributed by atoms with Gasteiger partial charge in [-0.05, 0) is 12.8 Å². The summed E-state index contributed by atoms with van der Waals surface area (Å²) >= 11 is 0. The quantitative estimate of drug-likeness (QED) is 0.679. The van der Waals surface area contributed by atoms with Crippen molar-refractivity contribution in [2.45, 2.75) is 73.4 Å². The highest BCUT2D eigenvalue weighted by atomic mass is 19.4. The maximum absolute atomic E-state index is 14.4. The number of nitrogens with one attached hydrogen (secondary N) is 1. The first-order valence-electron chi connectivity index (χ1n) is 7.39. The summed E-state index contributed by atoms with van der Waals surface area (Å²) in [5.74, 6) is -39.3. The maximum atomic E-state index is 14.4. The van der Waals surface area contributed by atoms with Crippen LogP contribution in [0, 0.1) is 0 Å². The molecule has 0 spiro atoms. The second kappa shape index (κ2) is 5.60. The highest BCUT2D eigenvalue weighted by Crippen LogP contribution is 2.69. The van der Waals surface area contributed by atoms with Crippen LogP contribution in [0.2, 0.25) is 0 Å². The lowest BCUT2D eigenvalue weighted by Gasteiger charge is -2.51. The first-order valence-corrected chi connectivity index (χ1v) is 7.39. The molecule has 0 unspecified atom stereocenters. The van der Waals surface area contributed by atoms with Crippen molar-refractivity contribution < 1.29 is 53.1 Å². The molecule has 0 heterocycles. The van der Waals surface area contributed by atoms with E-state index in [-0.39, 0.29) is 12.8 Å². The number of carbonyl (C=O) groups excluding carboxylic acids is 1. The van der Waals surface area contributed by atoms with Gasteiger partial charge >= 0.3 is 35.3 Å². The summed E-state index contributed by atoms with van der Waals surface area (Å²) in [6.45, 7) is 0. The Morgan fingerprint density at radius 3 is 1.35 bits per heavy atom. The summed E-state index contributed by atoms with van der Waals surface area (Å²) in [5.41, 5.74) is -6.59. The molecular formula is C13H12F11NO. The standard InChI is InChI=1S/C13H12F11NO/c14-8(7(26)25-6-4-2-1-3-5-6)9(15,16)11(19,20)13(23,24)12(21,22)10(8,17)18/h6H,1-5H2,(H,25,26). The predicted octanol–water partition coefficient (Wildman–Crippen LogP) is 4.33. The van der Waals surface area contributed by atoms with Crippen molar-refractivity contribution in [1.29, 1.82) is 0 Å². The van der Waals surface area contributed by atoms with Crippen molar-refractivity contribution >= 4 is 5.91 Å². The molecular weight excluding hydrogens is 395 g/mol. The van der Waals surface area contributed by atoms with Gasteiger partial charge in [0.25, 0.3) is 5.91 Å². The van der Waals surface area contributed by atoms with Gasteiger partial charge in [-0.2, -0.15) is 43.9 Å². The Kier molecular flexibility index (Phi) is 4.52.